The summed E-state index contributed by atoms with van der Waals surface area (Å²) in [6, 6.07) is 23.5. The molecule has 0 aliphatic heterocycles. The summed E-state index contributed by atoms with van der Waals surface area (Å²) in [7, 11) is 0. The number of fused-ring (bicyclic) bond motifs is 2. The van der Waals surface area contributed by atoms with Crippen molar-refractivity contribution < 1.29 is 0 Å². The van der Waals surface area contributed by atoms with E-state index in [-0.39, 0.29) is 0 Å². The Morgan fingerprint density at radius 1 is 0.893 bits per heavy atom. The van der Waals surface area contributed by atoms with Gasteiger partial charge in [-0.15, -0.1) is 23.1 Å². The van der Waals surface area contributed by atoms with Gasteiger partial charge in [0.2, 0.25) is 0 Å². The van der Waals surface area contributed by atoms with Gasteiger partial charge in [-0.2, -0.15) is 0 Å². The van der Waals surface area contributed by atoms with Gasteiger partial charge in [-0.1, -0.05) is 70.5 Å². The highest BCUT2D eigenvalue weighted by molar-refractivity contribution is 9.10. The van der Waals surface area contributed by atoms with Gasteiger partial charge in [0.15, 0.2) is 0 Å². The zero-order chi connectivity index (χ0) is 18.9. The Labute approximate surface area is 179 Å². The van der Waals surface area contributed by atoms with Gasteiger partial charge in [0.1, 0.15) is 16.2 Å². The average Bonchev–Trinajstić information content (AvgIpc) is 3.17. The molecule has 3 aromatic carbocycles. The number of hydrogen-bond donors (Lipinski definition) is 0. The van der Waals surface area contributed by atoms with Crippen LogP contribution in [-0.4, -0.2) is 9.97 Å². The number of aromatic nitrogens is 2. The van der Waals surface area contributed by atoms with E-state index in [1.54, 1.807) is 29.4 Å². The Balaban J connectivity index is 1.54. The molecule has 5 heteroatoms. The molecule has 2 nitrogen and oxygen atoms in total. The lowest BCUT2D eigenvalue weighted by Crippen LogP contribution is -1.88. The molecule has 0 unspecified atom stereocenters. The first-order valence-corrected chi connectivity index (χ1v) is 11.5. The Hall–Kier alpha value is -2.21. The molecular weight excluding hydrogens is 448 g/mol. The summed E-state index contributed by atoms with van der Waals surface area (Å²) in [6.07, 6.45) is 1.68. The van der Waals surface area contributed by atoms with Gasteiger partial charge in [0, 0.05) is 21.2 Å². The number of thioether (sulfide) groups is 1. The molecule has 0 aliphatic rings. The van der Waals surface area contributed by atoms with Crippen molar-refractivity contribution in [2.45, 2.75) is 10.8 Å². The fraction of sp³-hybridized carbons (Fsp3) is 0.0435. The molecule has 0 saturated carbocycles. The van der Waals surface area contributed by atoms with Crippen molar-refractivity contribution >= 4 is 60.0 Å². The standard InChI is InChI=1S/C23H15BrN2S2/c24-18-10-8-16(9-11-18)20-13-28-23-21(20)22(25-14-26-23)27-12-17-6-3-5-15-4-1-2-7-19(15)17/h1-11,13-14H,12H2. The number of benzene rings is 3. The van der Waals surface area contributed by atoms with Crippen LogP contribution in [0.2, 0.25) is 0 Å². The van der Waals surface area contributed by atoms with E-state index in [1.165, 1.54) is 27.5 Å². The molecule has 0 radical (unpaired) electrons. The molecule has 0 aliphatic carbocycles. The highest BCUT2D eigenvalue weighted by atomic mass is 79.9. The predicted octanol–water partition coefficient (Wildman–Crippen LogP) is 7.57. The molecular formula is C23H15BrN2S2. The van der Waals surface area contributed by atoms with Crippen LogP contribution in [0.5, 0.6) is 0 Å². The fourth-order valence-electron chi connectivity index (χ4n) is 3.36. The fourth-order valence-corrected chi connectivity index (χ4v) is 5.62. The quantitative estimate of drug-likeness (QED) is 0.203. The van der Waals surface area contributed by atoms with Crippen molar-refractivity contribution in [3.8, 4) is 11.1 Å². The van der Waals surface area contributed by atoms with E-state index >= 15 is 0 Å². The highest BCUT2D eigenvalue weighted by Crippen LogP contribution is 2.39. The molecule has 28 heavy (non-hydrogen) atoms. The average molecular weight is 463 g/mol. The minimum Gasteiger partial charge on any atom is -0.229 e. The zero-order valence-corrected chi connectivity index (χ0v) is 18.0. The number of rotatable bonds is 4. The smallest absolute Gasteiger partial charge is 0.128 e. The summed E-state index contributed by atoms with van der Waals surface area (Å²) < 4.78 is 1.08. The molecule has 0 atom stereocenters. The normalized spacial score (nSPS) is 11.3. The van der Waals surface area contributed by atoms with Crippen LogP contribution in [0, 0.1) is 0 Å². The molecule has 0 saturated heterocycles. The van der Waals surface area contributed by atoms with Crippen LogP contribution >= 0.6 is 39.0 Å². The van der Waals surface area contributed by atoms with Crippen molar-refractivity contribution in [3.63, 3.8) is 0 Å². The van der Waals surface area contributed by atoms with E-state index < -0.39 is 0 Å². The molecule has 5 rings (SSSR count). The topological polar surface area (TPSA) is 25.8 Å². The van der Waals surface area contributed by atoms with Crippen molar-refractivity contribution in [1.29, 1.82) is 0 Å². The van der Waals surface area contributed by atoms with Crippen molar-refractivity contribution in [3.05, 3.63) is 88.5 Å². The Morgan fingerprint density at radius 3 is 2.61 bits per heavy atom. The van der Waals surface area contributed by atoms with Crippen molar-refractivity contribution in [2.75, 3.05) is 0 Å². The summed E-state index contributed by atoms with van der Waals surface area (Å²) in [6.45, 7) is 0. The van der Waals surface area contributed by atoms with Gasteiger partial charge in [0.25, 0.3) is 0 Å². The molecule has 2 aromatic heterocycles. The molecule has 0 amide bonds. The zero-order valence-electron chi connectivity index (χ0n) is 14.8. The maximum Gasteiger partial charge on any atom is 0.128 e. The van der Waals surface area contributed by atoms with Crippen LogP contribution in [0.25, 0.3) is 32.1 Å². The molecule has 0 fully saturated rings. The van der Waals surface area contributed by atoms with E-state index in [0.29, 0.717) is 0 Å². The third-order valence-corrected chi connectivity index (χ3v) is 7.19. The van der Waals surface area contributed by atoms with Crippen molar-refractivity contribution in [2.24, 2.45) is 0 Å². The second kappa shape index (κ2) is 7.66. The van der Waals surface area contributed by atoms with Gasteiger partial charge < -0.3 is 0 Å². The minimum atomic E-state index is 0.878. The first-order valence-electron chi connectivity index (χ1n) is 8.87. The summed E-state index contributed by atoms with van der Waals surface area (Å²) in [5.74, 6) is 0.878. The molecule has 136 valence electrons. The summed E-state index contributed by atoms with van der Waals surface area (Å²) in [5.41, 5.74) is 3.72. The van der Waals surface area contributed by atoms with Gasteiger partial charge >= 0.3 is 0 Å². The first-order chi connectivity index (χ1) is 13.8. The van der Waals surface area contributed by atoms with Gasteiger partial charge in [-0.25, -0.2) is 9.97 Å². The lowest BCUT2D eigenvalue weighted by atomic mass is 10.1. The van der Waals surface area contributed by atoms with Crippen LogP contribution in [0.1, 0.15) is 5.56 Å². The van der Waals surface area contributed by atoms with Crippen LogP contribution in [0.4, 0.5) is 0 Å². The lowest BCUT2D eigenvalue weighted by molar-refractivity contribution is 1.11. The van der Waals surface area contributed by atoms with Gasteiger partial charge in [0.05, 0.1) is 5.39 Å². The maximum absolute atomic E-state index is 4.63. The second-order valence-electron chi connectivity index (χ2n) is 6.44. The van der Waals surface area contributed by atoms with E-state index in [0.717, 1.165) is 25.5 Å². The van der Waals surface area contributed by atoms with Crippen LogP contribution in [-0.2, 0) is 5.75 Å². The van der Waals surface area contributed by atoms with Gasteiger partial charge in [-0.3, -0.25) is 0 Å². The van der Waals surface area contributed by atoms with Crippen molar-refractivity contribution in [1.82, 2.24) is 9.97 Å². The third-order valence-electron chi connectivity index (χ3n) is 4.74. The van der Waals surface area contributed by atoms with E-state index in [4.69, 9.17) is 0 Å². The second-order valence-corrected chi connectivity index (χ2v) is 9.18. The van der Waals surface area contributed by atoms with Crippen LogP contribution in [0.3, 0.4) is 0 Å². The third kappa shape index (κ3) is 3.34. The Bertz CT molecular complexity index is 1270. The molecule has 0 N–H and O–H groups in total. The first kappa shape index (κ1) is 17.9. The number of thiophene rings is 1. The summed E-state index contributed by atoms with van der Waals surface area (Å²) in [4.78, 5) is 10.2. The Kier molecular flexibility index (Phi) is 4.89. The largest absolute Gasteiger partial charge is 0.229 e. The number of nitrogens with zero attached hydrogens (tertiary/aromatic N) is 2. The lowest BCUT2D eigenvalue weighted by Gasteiger charge is -2.08. The van der Waals surface area contributed by atoms with E-state index in [2.05, 4.69) is 98.0 Å². The Morgan fingerprint density at radius 2 is 1.71 bits per heavy atom. The van der Waals surface area contributed by atoms with E-state index in [1.807, 2.05) is 0 Å². The molecule has 5 aromatic rings. The summed E-state index contributed by atoms with van der Waals surface area (Å²) >= 11 is 6.97. The van der Waals surface area contributed by atoms with Gasteiger partial charge in [-0.05, 0) is 34.0 Å². The molecule has 0 bridgehead atoms. The van der Waals surface area contributed by atoms with Crippen LogP contribution < -0.4 is 0 Å². The predicted molar refractivity (Wildman–Crippen MR) is 124 cm³/mol. The molecule has 0 spiro atoms. The molecule has 2 heterocycles. The monoisotopic (exact) mass is 462 g/mol. The summed E-state index contributed by atoms with van der Waals surface area (Å²) in [5, 5.41) is 6.96. The maximum atomic E-state index is 4.63. The SMILES string of the molecule is Brc1ccc(-c2csc3ncnc(SCc4cccc5ccccc45)c23)cc1. The number of hydrogen-bond acceptors (Lipinski definition) is 4. The van der Waals surface area contributed by atoms with E-state index in [9.17, 15) is 0 Å². The minimum absolute atomic E-state index is 0.878. The highest BCUT2D eigenvalue weighted by Gasteiger charge is 2.14. The van der Waals surface area contributed by atoms with Crippen LogP contribution in [0.15, 0.2) is 87.9 Å². The number of halogens is 1.